The molecule has 0 heterocycles. The molecule has 3 aromatic carbocycles. The highest BCUT2D eigenvalue weighted by Crippen LogP contribution is 2.11. The zero-order valence-electron chi connectivity index (χ0n) is 44.8. The minimum Gasteiger partial charge on any atom is -0.481 e. The molecule has 0 radical (unpaired) electrons. The van der Waals surface area contributed by atoms with E-state index in [2.05, 4.69) is 47.5 Å². The monoisotopic (exact) mass is 1150 g/mol. The normalized spacial score (nSPS) is 14.1. The second-order valence-electron chi connectivity index (χ2n) is 18.9. The van der Waals surface area contributed by atoms with Crippen molar-refractivity contribution in [2.75, 3.05) is 13.1 Å². The minimum atomic E-state index is -1.93. The summed E-state index contributed by atoms with van der Waals surface area (Å²) in [7, 11) is 0. The van der Waals surface area contributed by atoms with E-state index < -0.39 is 158 Å². The molecule has 20 N–H and O–H groups in total. The molecule has 0 bridgehead atoms. The summed E-state index contributed by atoms with van der Waals surface area (Å²) in [6.45, 7) is 0.279. The number of aliphatic carboxylic acids is 3. The predicted molar refractivity (Wildman–Crippen MR) is 292 cm³/mol. The van der Waals surface area contributed by atoms with E-state index in [-0.39, 0.29) is 51.0 Å². The molecule has 3 aromatic rings. The highest BCUT2D eigenvalue weighted by molar-refractivity contribution is 5.98. The van der Waals surface area contributed by atoms with Crippen molar-refractivity contribution in [3.8, 4) is 0 Å². The smallest absolute Gasteiger partial charge is 0.326 e. The number of nitrogens with two attached hydrogens (primary N) is 4. The van der Waals surface area contributed by atoms with E-state index in [0.29, 0.717) is 16.7 Å². The second-order valence-corrected chi connectivity index (χ2v) is 18.9. The average Bonchev–Trinajstić information content (AvgIpc) is 3.42. The van der Waals surface area contributed by atoms with Gasteiger partial charge in [-0.05, 0) is 49.3 Å². The van der Waals surface area contributed by atoms with Crippen molar-refractivity contribution < 1.29 is 78.0 Å². The van der Waals surface area contributed by atoms with Crippen LogP contribution >= 0.6 is 0 Å². The molecular weight excluding hydrogens is 1070 g/mol. The fourth-order valence-corrected chi connectivity index (χ4v) is 7.84. The number of hydrogen-bond donors (Lipinski definition) is 16. The van der Waals surface area contributed by atoms with Gasteiger partial charge in [0, 0.05) is 38.6 Å². The fourth-order valence-electron chi connectivity index (χ4n) is 7.84. The van der Waals surface area contributed by atoms with Crippen LogP contribution in [0.3, 0.4) is 0 Å². The molecule has 0 aromatic heterocycles. The topological polar surface area (TPSA) is 498 Å². The quantitative estimate of drug-likeness (QED) is 0.0149. The first-order valence-corrected chi connectivity index (χ1v) is 25.8. The lowest BCUT2D eigenvalue weighted by atomic mass is 10.0. The number of carbonyl (C=O) groups excluding carboxylic acids is 9. The molecule has 0 spiro atoms. The van der Waals surface area contributed by atoms with E-state index in [1.807, 2.05) is 0 Å². The molecule has 0 fully saturated rings. The lowest BCUT2D eigenvalue weighted by Crippen LogP contribution is -2.61. The number of carboxylic acids is 3. The maximum absolute atomic E-state index is 14.1. The Bertz CT molecular complexity index is 2720. The van der Waals surface area contributed by atoms with Gasteiger partial charge in [0.1, 0.15) is 42.3 Å². The molecule has 29 heteroatoms. The largest absolute Gasteiger partial charge is 0.481 e. The highest BCUT2D eigenvalue weighted by Gasteiger charge is 2.36. The molecule has 0 saturated heterocycles. The van der Waals surface area contributed by atoms with Gasteiger partial charge in [-0.25, -0.2) is 4.79 Å². The minimum absolute atomic E-state index is 0.00643. The Morgan fingerprint density at radius 3 is 1.41 bits per heavy atom. The number of primary amides is 1. The predicted octanol–water partition coefficient (Wildman–Crippen LogP) is -4.32. The van der Waals surface area contributed by atoms with Crippen molar-refractivity contribution in [3.63, 3.8) is 0 Å². The molecular formula is C53H71N13O16. The molecule has 444 valence electrons. The van der Waals surface area contributed by atoms with E-state index in [0.717, 1.165) is 6.92 Å². The van der Waals surface area contributed by atoms with Gasteiger partial charge in [-0.2, -0.15) is 0 Å². The van der Waals surface area contributed by atoms with Crippen LogP contribution in [-0.4, -0.2) is 165 Å². The van der Waals surface area contributed by atoms with Crippen molar-refractivity contribution in [1.29, 1.82) is 0 Å². The zero-order valence-corrected chi connectivity index (χ0v) is 44.8. The first-order chi connectivity index (χ1) is 38.8. The first kappa shape index (κ1) is 66.8. The van der Waals surface area contributed by atoms with Crippen LogP contribution in [0.15, 0.2) is 96.0 Å². The maximum atomic E-state index is 14.1. The third-order valence-electron chi connectivity index (χ3n) is 12.1. The van der Waals surface area contributed by atoms with Gasteiger partial charge in [0.2, 0.25) is 53.2 Å². The van der Waals surface area contributed by atoms with Gasteiger partial charge in [0.05, 0.1) is 25.1 Å². The number of nitrogens with one attached hydrogen (secondary N) is 8. The molecule has 82 heavy (non-hydrogen) atoms. The van der Waals surface area contributed by atoms with E-state index in [1.165, 1.54) is 0 Å². The number of carbonyl (C=O) groups is 12. The molecule has 0 saturated carbocycles. The number of guanidine groups is 1. The Labute approximate surface area is 470 Å². The number of benzene rings is 3. The van der Waals surface area contributed by atoms with Crippen molar-refractivity contribution in [2.24, 2.45) is 27.9 Å². The molecule has 9 atom stereocenters. The second kappa shape index (κ2) is 34.5. The number of amides is 9. The highest BCUT2D eigenvalue weighted by atomic mass is 16.4. The number of carboxylic acid groups (broad SMARTS) is 3. The van der Waals surface area contributed by atoms with Crippen molar-refractivity contribution in [3.05, 3.63) is 108 Å². The summed E-state index contributed by atoms with van der Waals surface area (Å²) in [6, 6.07) is 11.8. The Morgan fingerprint density at radius 1 is 0.488 bits per heavy atom. The summed E-state index contributed by atoms with van der Waals surface area (Å²) in [4.78, 5) is 161. The van der Waals surface area contributed by atoms with Gasteiger partial charge in [-0.15, -0.1) is 0 Å². The first-order valence-electron chi connectivity index (χ1n) is 25.8. The van der Waals surface area contributed by atoms with E-state index in [4.69, 9.17) is 28.0 Å². The summed E-state index contributed by atoms with van der Waals surface area (Å²) >= 11 is 0. The fraction of sp³-hybridized carbons (Fsp3) is 0.415. The van der Waals surface area contributed by atoms with Gasteiger partial charge in [-0.1, -0.05) is 91.0 Å². The van der Waals surface area contributed by atoms with Crippen LogP contribution in [0.1, 0.15) is 68.6 Å². The van der Waals surface area contributed by atoms with E-state index in [1.54, 1.807) is 91.0 Å². The van der Waals surface area contributed by atoms with Gasteiger partial charge >= 0.3 is 17.9 Å². The summed E-state index contributed by atoms with van der Waals surface area (Å²) in [5, 5.41) is 58.3. The third kappa shape index (κ3) is 25.1. The molecule has 3 rings (SSSR count). The van der Waals surface area contributed by atoms with Crippen LogP contribution in [-0.2, 0) is 76.8 Å². The summed E-state index contributed by atoms with van der Waals surface area (Å²) in [6.07, 6.45) is -5.19. The molecule has 9 unspecified atom stereocenters. The molecule has 9 amide bonds. The van der Waals surface area contributed by atoms with Crippen LogP contribution in [0, 0.1) is 0 Å². The number of aliphatic imine (C=N–C) groups is 1. The lowest BCUT2D eigenvalue weighted by Gasteiger charge is -2.28. The van der Waals surface area contributed by atoms with Crippen molar-refractivity contribution in [2.45, 2.75) is 126 Å². The standard InChI is InChI=1S/C53H71N13O16/c1-29(67)44(51(80)62-35(20-21-40(55)68)47(76)64-38(27-43(72)73)49(78)65-39(52(81)82)26-32-16-9-4-10-17-32)66-50(79)36(24-30-12-5-2-6-13-30)60-41(69)28-59-46(75)34(18-11-23-58-53(56)57)61-48(77)37(25-31-14-7-3-8-15-31)63-45(74)33(54)19-22-42(70)71/h2-10,12-17,29,33-39,44,67H,11,18-28,54H2,1H3,(H2,55,68)(H,59,75)(H,60,69)(H,61,77)(H,62,80)(H,63,74)(H,64,76)(H,65,78)(H,66,79)(H,70,71)(H,72,73)(H,81,82)(H4,56,57,58). The number of rotatable bonds is 36. The molecule has 0 aliphatic carbocycles. The van der Waals surface area contributed by atoms with Crippen LogP contribution in [0.25, 0.3) is 0 Å². The summed E-state index contributed by atoms with van der Waals surface area (Å²) < 4.78 is 0. The van der Waals surface area contributed by atoms with Crippen LogP contribution in [0.5, 0.6) is 0 Å². The van der Waals surface area contributed by atoms with E-state index in [9.17, 15) is 72.9 Å². The Hall–Kier alpha value is -9.51. The Kier molecular flexibility index (Phi) is 28.1. The van der Waals surface area contributed by atoms with Crippen molar-refractivity contribution >= 4 is 77.0 Å². The maximum Gasteiger partial charge on any atom is 0.326 e. The SMILES string of the molecule is CC(O)C(NC(=O)C(Cc1ccccc1)NC(=O)CNC(=O)C(CCCN=C(N)N)NC(=O)C(Cc1ccccc1)NC(=O)C(N)CCC(=O)O)C(=O)NC(CCC(N)=O)C(=O)NC(CC(=O)O)C(=O)NC(Cc1ccccc1)C(=O)O. The van der Waals surface area contributed by atoms with Crippen LogP contribution in [0.4, 0.5) is 0 Å². The average molecular weight is 1150 g/mol. The molecule has 29 nitrogen and oxygen atoms in total. The lowest BCUT2D eigenvalue weighted by molar-refractivity contribution is -0.144. The van der Waals surface area contributed by atoms with Crippen LogP contribution in [0.2, 0.25) is 0 Å². The third-order valence-corrected chi connectivity index (χ3v) is 12.1. The van der Waals surface area contributed by atoms with Gasteiger partial charge in [0.25, 0.3) is 0 Å². The van der Waals surface area contributed by atoms with E-state index >= 15 is 0 Å². The van der Waals surface area contributed by atoms with Gasteiger partial charge in [0.15, 0.2) is 5.96 Å². The number of aliphatic hydroxyl groups excluding tert-OH is 1. The number of aliphatic hydroxyl groups is 1. The van der Waals surface area contributed by atoms with Gasteiger partial charge < -0.3 is 85.9 Å². The van der Waals surface area contributed by atoms with Gasteiger partial charge in [-0.3, -0.25) is 57.7 Å². The molecule has 0 aliphatic rings. The summed E-state index contributed by atoms with van der Waals surface area (Å²) in [5.41, 5.74) is 23.7. The Balaban J connectivity index is 1.84. The van der Waals surface area contributed by atoms with Crippen LogP contribution < -0.4 is 65.5 Å². The molecule has 0 aliphatic heterocycles. The number of nitrogens with zero attached hydrogens (tertiary/aromatic N) is 1. The zero-order chi connectivity index (χ0) is 60.9. The number of hydrogen-bond acceptors (Lipinski definition) is 15. The van der Waals surface area contributed by atoms with Crippen molar-refractivity contribution in [1.82, 2.24) is 42.5 Å². The Morgan fingerprint density at radius 2 is 0.927 bits per heavy atom. The summed E-state index contributed by atoms with van der Waals surface area (Å²) in [5.74, 6) is -13.9.